The van der Waals surface area contributed by atoms with Crippen molar-refractivity contribution >= 4 is 15.8 Å². The van der Waals surface area contributed by atoms with E-state index < -0.39 is 15.4 Å². The van der Waals surface area contributed by atoms with Gasteiger partial charge >= 0.3 is 0 Å². The summed E-state index contributed by atoms with van der Waals surface area (Å²) in [6, 6.07) is 0.0494. The third kappa shape index (κ3) is 1.97. The van der Waals surface area contributed by atoms with Crippen LogP contribution in [0.2, 0.25) is 0 Å². The first-order chi connectivity index (χ1) is 10.8. The normalized spacial score (nSPS) is 34.0. The third-order valence-corrected chi connectivity index (χ3v) is 8.55. The zero-order valence-corrected chi connectivity index (χ0v) is 14.3. The summed E-state index contributed by atoms with van der Waals surface area (Å²) in [5, 5.41) is 7.68. The monoisotopic (exact) mass is 338 g/mol. The number of carbonyl (C=O) groups excluding carboxylic acids is 1. The molecule has 1 aromatic heterocycles. The van der Waals surface area contributed by atoms with Crippen molar-refractivity contribution in [3.63, 3.8) is 0 Å². The van der Waals surface area contributed by atoms with Crippen molar-refractivity contribution in [1.29, 1.82) is 0 Å². The Kier molecular flexibility index (Phi) is 3.07. The predicted octanol–water partition coefficient (Wildman–Crippen LogP) is 0.860. The van der Waals surface area contributed by atoms with Crippen LogP contribution in [-0.2, 0) is 14.8 Å². The number of Topliss-reactive ketones (excluding diaryl/α,β-unsaturated/α-hetero) is 1. The molecule has 0 amide bonds. The van der Waals surface area contributed by atoms with Crippen LogP contribution in [0, 0.1) is 16.7 Å². The van der Waals surface area contributed by atoms with Gasteiger partial charge in [0.1, 0.15) is 5.78 Å². The van der Waals surface area contributed by atoms with Crippen LogP contribution in [0.4, 0.5) is 0 Å². The molecule has 2 heterocycles. The number of hydrogen-bond acceptors (Lipinski definition) is 5. The van der Waals surface area contributed by atoms with Crippen LogP contribution in [0.25, 0.3) is 0 Å². The molecule has 126 valence electrons. The van der Waals surface area contributed by atoms with E-state index in [9.17, 15) is 13.2 Å². The van der Waals surface area contributed by atoms with Crippen LogP contribution in [-0.4, -0.2) is 52.3 Å². The molecule has 1 aromatic rings. The lowest BCUT2D eigenvalue weighted by Crippen LogP contribution is -2.54. The summed E-state index contributed by atoms with van der Waals surface area (Å²) >= 11 is 0. The number of rotatable bonds is 4. The van der Waals surface area contributed by atoms with Gasteiger partial charge in [-0.2, -0.15) is 4.31 Å². The minimum atomic E-state index is -3.43. The molecule has 2 unspecified atom stereocenters. The van der Waals surface area contributed by atoms with Gasteiger partial charge < -0.3 is 0 Å². The molecule has 7 nitrogen and oxygen atoms in total. The molecule has 0 aromatic carbocycles. The second kappa shape index (κ2) is 4.63. The van der Waals surface area contributed by atoms with Crippen LogP contribution in [0.15, 0.2) is 12.4 Å². The van der Waals surface area contributed by atoms with Crippen molar-refractivity contribution in [1.82, 2.24) is 19.3 Å². The Labute approximate surface area is 136 Å². The average molecular weight is 338 g/mol. The Morgan fingerprint density at radius 2 is 2.09 bits per heavy atom. The minimum absolute atomic E-state index is 0.0353. The number of ketones is 1. The number of sulfonamides is 1. The number of hydrogen-bond donors (Lipinski definition) is 0. The molecule has 2 bridgehead atoms. The van der Waals surface area contributed by atoms with Gasteiger partial charge in [-0.1, -0.05) is 19.1 Å². The lowest BCUT2D eigenvalue weighted by molar-refractivity contribution is -0.128. The molecule has 0 N–H and O–H groups in total. The maximum atomic E-state index is 12.8. The zero-order valence-electron chi connectivity index (χ0n) is 13.5. The molecule has 4 rings (SSSR count). The van der Waals surface area contributed by atoms with E-state index >= 15 is 0 Å². The van der Waals surface area contributed by atoms with Crippen molar-refractivity contribution in [2.75, 3.05) is 18.8 Å². The lowest BCUT2D eigenvalue weighted by Gasteiger charge is -2.42. The van der Waals surface area contributed by atoms with Gasteiger partial charge in [0.05, 0.1) is 18.0 Å². The van der Waals surface area contributed by atoms with Crippen LogP contribution < -0.4 is 0 Å². The summed E-state index contributed by atoms with van der Waals surface area (Å²) in [5.74, 6) is 0.451. The van der Waals surface area contributed by atoms with Crippen LogP contribution in [0.3, 0.4) is 0 Å². The molecule has 3 aliphatic rings. The van der Waals surface area contributed by atoms with E-state index in [4.69, 9.17) is 0 Å². The smallest absolute Gasteiger partial charge is 0.215 e. The Morgan fingerprint density at radius 3 is 2.61 bits per heavy atom. The Bertz CT molecular complexity index is 737. The molecule has 2 atom stereocenters. The van der Waals surface area contributed by atoms with E-state index in [1.165, 1.54) is 4.31 Å². The number of aromatic nitrogens is 3. The van der Waals surface area contributed by atoms with Gasteiger partial charge in [0.15, 0.2) is 0 Å². The third-order valence-electron chi connectivity index (χ3n) is 6.61. The topological polar surface area (TPSA) is 85.2 Å². The summed E-state index contributed by atoms with van der Waals surface area (Å²) in [5.41, 5.74) is -0.901. The summed E-state index contributed by atoms with van der Waals surface area (Å²) < 4.78 is 28.8. The van der Waals surface area contributed by atoms with Crippen molar-refractivity contribution in [2.45, 2.75) is 39.2 Å². The molecule has 2 saturated carbocycles. The van der Waals surface area contributed by atoms with Gasteiger partial charge in [0.2, 0.25) is 10.0 Å². The van der Waals surface area contributed by atoms with Crippen LogP contribution in [0.1, 0.15) is 39.2 Å². The molecule has 23 heavy (non-hydrogen) atoms. The van der Waals surface area contributed by atoms with Crippen molar-refractivity contribution < 1.29 is 13.2 Å². The van der Waals surface area contributed by atoms with E-state index in [1.54, 1.807) is 17.1 Å². The molecule has 0 spiro atoms. The van der Waals surface area contributed by atoms with E-state index in [0.717, 1.165) is 6.42 Å². The van der Waals surface area contributed by atoms with Crippen LogP contribution in [0.5, 0.6) is 0 Å². The fourth-order valence-electron chi connectivity index (χ4n) is 4.73. The lowest BCUT2D eigenvalue weighted by atomic mass is 9.70. The number of fused-ring (bicyclic) bond motifs is 2. The van der Waals surface area contributed by atoms with Crippen molar-refractivity contribution in [3.8, 4) is 0 Å². The van der Waals surface area contributed by atoms with Crippen molar-refractivity contribution in [2.24, 2.45) is 16.7 Å². The van der Waals surface area contributed by atoms with Gasteiger partial charge in [0.25, 0.3) is 0 Å². The summed E-state index contributed by atoms with van der Waals surface area (Å²) in [6.07, 6.45) is 5.57. The molecule has 0 radical (unpaired) electrons. The van der Waals surface area contributed by atoms with Gasteiger partial charge in [-0.3, -0.25) is 4.79 Å². The first-order valence-corrected chi connectivity index (χ1v) is 9.74. The Morgan fingerprint density at radius 1 is 1.35 bits per heavy atom. The highest BCUT2D eigenvalue weighted by Crippen LogP contribution is 2.64. The second-order valence-electron chi connectivity index (χ2n) is 7.78. The maximum absolute atomic E-state index is 12.8. The highest BCUT2D eigenvalue weighted by atomic mass is 32.2. The fraction of sp³-hybridized carbons (Fsp3) is 0.800. The minimum Gasteiger partial charge on any atom is -0.299 e. The van der Waals surface area contributed by atoms with Gasteiger partial charge in [-0.25, -0.2) is 13.1 Å². The zero-order chi connectivity index (χ0) is 16.5. The highest BCUT2D eigenvalue weighted by Gasteiger charge is 2.65. The molecular weight excluding hydrogens is 316 g/mol. The second-order valence-corrected chi connectivity index (χ2v) is 9.75. The van der Waals surface area contributed by atoms with Gasteiger partial charge in [-0.15, -0.1) is 5.10 Å². The number of carbonyl (C=O) groups is 1. The quantitative estimate of drug-likeness (QED) is 0.813. The average Bonchev–Trinajstić information content (AvgIpc) is 3.03. The molecule has 1 aliphatic heterocycles. The van der Waals surface area contributed by atoms with Crippen molar-refractivity contribution in [3.05, 3.63) is 12.4 Å². The van der Waals surface area contributed by atoms with E-state index in [0.29, 0.717) is 31.8 Å². The standard InChI is InChI=1S/C15H22N4O3S/c1-14(2)11-3-4-15(14,13(20)7-11)10-23(21,22)18-8-12(9-18)19-6-5-16-17-19/h5-6,11-12H,3-4,7-10H2,1-2H3. The first-order valence-electron chi connectivity index (χ1n) is 8.13. The number of nitrogens with zero attached hydrogens (tertiary/aromatic N) is 4. The van der Waals surface area contributed by atoms with E-state index in [1.807, 2.05) is 0 Å². The van der Waals surface area contributed by atoms with Crippen LogP contribution >= 0.6 is 0 Å². The largest absolute Gasteiger partial charge is 0.299 e. The SMILES string of the molecule is CC1(C)C2CCC1(CS(=O)(=O)N1CC(n3ccnn3)C1)C(=O)C2. The molecule has 2 aliphatic carbocycles. The van der Waals surface area contributed by atoms with E-state index in [-0.39, 0.29) is 23.0 Å². The first kappa shape index (κ1) is 15.3. The van der Waals surface area contributed by atoms with Gasteiger partial charge in [0, 0.05) is 31.1 Å². The summed E-state index contributed by atoms with van der Waals surface area (Å²) in [4.78, 5) is 12.5. The Balaban J connectivity index is 1.52. The molecule has 3 fully saturated rings. The summed E-state index contributed by atoms with van der Waals surface area (Å²) in [6.45, 7) is 4.97. The summed E-state index contributed by atoms with van der Waals surface area (Å²) in [7, 11) is -3.43. The maximum Gasteiger partial charge on any atom is 0.215 e. The van der Waals surface area contributed by atoms with E-state index in [2.05, 4.69) is 24.2 Å². The Hall–Kier alpha value is -1.28. The molecule has 8 heteroatoms. The molecule has 1 saturated heterocycles. The highest BCUT2D eigenvalue weighted by molar-refractivity contribution is 7.89. The predicted molar refractivity (Wildman–Crippen MR) is 83.0 cm³/mol. The fourth-order valence-corrected chi connectivity index (χ4v) is 7.02. The molecular formula is C15H22N4O3S. The van der Waals surface area contributed by atoms with Gasteiger partial charge in [-0.05, 0) is 24.2 Å².